The van der Waals surface area contributed by atoms with Gasteiger partial charge in [0.05, 0.1) is 4.90 Å². The third kappa shape index (κ3) is 4.48. The SMILES string of the molecule is Cc1ccc(Cl)cc1NC(=O)C1CCN(S(=O)(=O)c2ccc(F)cc2)CC1. The van der Waals surface area contributed by atoms with Crippen molar-refractivity contribution in [2.45, 2.75) is 24.7 Å². The number of benzene rings is 2. The quantitative estimate of drug-likeness (QED) is 0.833. The summed E-state index contributed by atoms with van der Waals surface area (Å²) in [6.07, 6.45) is 0.845. The smallest absolute Gasteiger partial charge is 0.243 e. The highest BCUT2D eigenvalue weighted by Crippen LogP contribution is 2.26. The molecule has 1 aliphatic heterocycles. The van der Waals surface area contributed by atoms with Crippen molar-refractivity contribution in [3.8, 4) is 0 Å². The molecule has 3 rings (SSSR count). The maximum atomic E-state index is 13.0. The average Bonchev–Trinajstić information content (AvgIpc) is 2.65. The molecular weight excluding hydrogens is 391 g/mol. The predicted octanol–water partition coefficient (Wildman–Crippen LogP) is 3.83. The summed E-state index contributed by atoms with van der Waals surface area (Å²) < 4.78 is 39.6. The fourth-order valence-corrected chi connectivity index (χ4v) is 4.72. The molecule has 0 radical (unpaired) electrons. The van der Waals surface area contributed by atoms with E-state index in [9.17, 15) is 17.6 Å². The number of anilines is 1. The second kappa shape index (κ2) is 7.96. The molecule has 0 spiro atoms. The number of sulfonamides is 1. The van der Waals surface area contributed by atoms with E-state index in [4.69, 9.17) is 11.6 Å². The van der Waals surface area contributed by atoms with Gasteiger partial charge in [-0.15, -0.1) is 0 Å². The summed E-state index contributed by atoms with van der Waals surface area (Å²) in [5, 5.41) is 3.42. The number of amides is 1. The van der Waals surface area contributed by atoms with Crippen molar-refractivity contribution < 1.29 is 17.6 Å². The Morgan fingerprint density at radius 2 is 1.78 bits per heavy atom. The van der Waals surface area contributed by atoms with E-state index in [-0.39, 0.29) is 29.8 Å². The highest BCUT2D eigenvalue weighted by molar-refractivity contribution is 7.89. The van der Waals surface area contributed by atoms with Crippen LogP contribution in [0, 0.1) is 18.7 Å². The van der Waals surface area contributed by atoms with E-state index in [1.54, 1.807) is 12.1 Å². The fraction of sp³-hybridized carbons (Fsp3) is 0.316. The number of nitrogens with zero attached hydrogens (tertiary/aromatic N) is 1. The molecule has 1 fully saturated rings. The zero-order chi connectivity index (χ0) is 19.6. The van der Waals surface area contributed by atoms with Gasteiger partial charge in [0.15, 0.2) is 0 Å². The van der Waals surface area contributed by atoms with Crippen molar-refractivity contribution in [2.75, 3.05) is 18.4 Å². The van der Waals surface area contributed by atoms with E-state index in [0.717, 1.165) is 17.7 Å². The van der Waals surface area contributed by atoms with Crippen molar-refractivity contribution in [3.05, 3.63) is 58.9 Å². The average molecular weight is 411 g/mol. The van der Waals surface area contributed by atoms with E-state index in [1.165, 1.54) is 16.4 Å². The number of hydrogen-bond donors (Lipinski definition) is 1. The van der Waals surface area contributed by atoms with Gasteiger partial charge in [0.25, 0.3) is 0 Å². The summed E-state index contributed by atoms with van der Waals surface area (Å²) in [5.74, 6) is -0.900. The summed E-state index contributed by atoms with van der Waals surface area (Å²) in [5.41, 5.74) is 1.57. The van der Waals surface area contributed by atoms with Gasteiger partial charge in [-0.05, 0) is 61.7 Å². The number of aryl methyl sites for hydroxylation is 1. The van der Waals surface area contributed by atoms with Crippen LogP contribution in [-0.4, -0.2) is 31.7 Å². The Morgan fingerprint density at radius 3 is 2.41 bits per heavy atom. The minimum Gasteiger partial charge on any atom is -0.326 e. The normalized spacial score (nSPS) is 16.3. The third-order valence-electron chi connectivity index (χ3n) is 4.73. The molecule has 0 unspecified atom stereocenters. The molecule has 2 aromatic rings. The van der Waals surface area contributed by atoms with Crippen LogP contribution < -0.4 is 5.32 Å². The Labute approximate surface area is 163 Å². The Hall–Kier alpha value is -1.96. The van der Waals surface area contributed by atoms with Crippen LogP contribution in [-0.2, 0) is 14.8 Å². The van der Waals surface area contributed by atoms with Crippen LogP contribution in [0.5, 0.6) is 0 Å². The topological polar surface area (TPSA) is 66.5 Å². The largest absolute Gasteiger partial charge is 0.326 e. The fourth-order valence-electron chi connectivity index (χ4n) is 3.08. The van der Waals surface area contributed by atoms with Gasteiger partial charge >= 0.3 is 0 Å². The summed E-state index contributed by atoms with van der Waals surface area (Å²) in [4.78, 5) is 12.6. The molecule has 0 saturated carbocycles. The number of nitrogens with one attached hydrogen (secondary N) is 1. The minimum absolute atomic E-state index is 0.0568. The van der Waals surface area contributed by atoms with Crippen molar-refractivity contribution in [1.82, 2.24) is 4.31 Å². The van der Waals surface area contributed by atoms with Gasteiger partial charge in [0, 0.05) is 29.7 Å². The van der Waals surface area contributed by atoms with E-state index < -0.39 is 15.8 Å². The number of hydrogen-bond acceptors (Lipinski definition) is 3. The first-order valence-corrected chi connectivity index (χ1v) is 10.4. The van der Waals surface area contributed by atoms with E-state index in [1.807, 2.05) is 13.0 Å². The van der Waals surface area contributed by atoms with Crippen LogP contribution in [0.25, 0.3) is 0 Å². The third-order valence-corrected chi connectivity index (χ3v) is 6.88. The number of carbonyl (C=O) groups excluding carboxylic acids is 1. The second-order valence-electron chi connectivity index (χ2n) is 6.58. The lowest BCUT2D eigenvalue weighted by atomic mass is 9.97. The number of piperidine rings is 1. The summed E-state index contributed by atoms with van der Waals surface area (Å²) in [7, 11) is -3.68. The number of halogens is 2. The Kier molecular flexibility index (Phi) is 5.83. The van der Waals surface area contributed by atoms with Gasteiger partial charge in [-0.25, -0.2) is 12.8 Å². The number of rotatable bonds is 4. The van der Waals surface area contributed by atoms with Crippen molar-refractivity contribution in [3.63, 3.8) is 0 Å². The molecule has 1 aliphatic rings. The minimum atomic E-state index is -3.68. The second-order valence-corrected chi connectivity index (χ2v) is 8.96. The molecule has 5 nitrogen and oxygen atoms in total. The van der Waals surface area contributed by atoms with Gasteiger partial charge in [-0.1, -0.05) is 17.7 Å². The molecule has 27 heavy (non-hydrogen) atoms. The molecule has 0 aromatic heterocycles. The molecule has 0 aliphatic carbocycles. The first kappa shape index (κ1) is 19.8. The van der Waals surface area contributed by atoms with Crippen LogP contribution in [0.15, 0.2) is 47.4 Å². The lowest BCUT2D eigenvalue weighted by Gasteiger charge is -2.30. The van der Waals surface area contributed by atoms with E-state index in [0.29, 0.717) is 23.6 Å². The van der Waals surface area contributed by atoms with E-state index >= 15 is 0 Å². The van der Waals surface area contributed by atoms with Gasteiger partial charge in [0.2, 0.25) is 15.9 Å². The highest BCUT2D eigenvalue weighted by atomic mass is 35.5. The lowest BCUT2D eigenvalue weighted by Crippen LogP contribution is -2.41. The Balaban J connectivity index is 1.63. The van der Waals surface area contributed by atoms with Crippen LogP contribution in [0.3, 0.4) is 0 Å². The maximum Gasteiger partial charge on any atom is 0.243 e. The van der Waals surface area contributed by atoms with Gasteiger partial charge in [0.1, 0.15) is 5.82 Å². The maximum absolute atomic E-state index is 13.0. The lowest BCUT2D eigenvalue weighted by molar-refractivity contribution is -0.120. The predicted molar refractivity (Wildman–Crippen MR) is 103 cm³/mol. The monoisotopic (exact) mass is 410 g/mol. The molecule has 0 bridgehead atoms. The Bertz CT molecular complexity index is 940. The first-order valence-electron chi connectivity index (χ1n) is 8.60. The standard InChI is InChI=1S/C19H20ClFN2O3S/c1-13-2-3-15(20)12-18(13)22-19(24)14-8-10-23(11-9-14)27(25,26)17-6-4-16(21)5-7-17/h2-7,12,14H,8-11H2,1H3,(H,22,24). The first-order chi connectivity index (χ1) is 12.8. The van der Waals surface area contributed by atoms with Crippen LogP contribution in [0.4, 0.5) is 10.1 Å². The Morgan fingerprint density at radius 1 is 1.15 bits per heavy atom. The molecule has 1 heterocycles. The van der Waals surface area contributed by atoms with Crippen molar-refractivity contribution in [1.29, 1.82) is 0 Å². The molecule has 144 valence electrons. The summed E-state index contributed by atoms with van der Waals surface area (Å²) in [6, 6.07) is 10.0. The van der Waals surface area contributed by atoms with E-state index in [2.05, 4.69) is 5.32 Å². The number of carbonyl (C=O) groups is 1. The van der Waals surface area contributed by atoms with Crippen molar-refractivity contribution in [2.24, 2.45) is 5.92 Å². The van der Waals surface area contributed by atoms with Crippen LogP contribution in [0.1, 0.15) is 18.4 Å². The molecule has 1 amide bonds. The molecular formula is C19H20ClFN2O3S. The summed E-state index contributed by atoms with van der Waals surface area (Å²) >= 11 is 5.98. The molecule has 1 N–H and O–H groups in total. The molecule has 2 aromatic carbocycles. The zero-order valence-corrected chi connectivity index (χ0v) is 16.4. The highest BCUT2D eigenvalue weighted by Gasteiger charge is 2.32. The van der Waals surface area contributed by atoms with Gasteiger partial charge < -0.3 is 5.32 Å². The summed E-state index contributed by atoms with van der Waals surface area (Å²) in [6.45, 7) is 2.36. The molecule has 0 atom stereocenters. The molecule has 1 saturated heterocycles. The van der Waals surface area contributed by atoms with Gasteiger partial charge in [-0.2, -0.15) is 4.31 Å². The molecule has 8 heteroatoms. The zero-order valence-electron chi connectivity index (χ0n) is 14.8. The van der Waals surface area contributed by atoms with Crippen molar-refractivity contribution >= 4 is 33.2 Å². The van der Waals surface area contributed by atoms with Crippen LogP contribution in [0.2, 0.25) is 5.02 Å². The van der Waals surface area contributed by atoms with Gasteiger partial charge in [-0.3, -0.25) is 4.79 Å². The van der Waals surface area contributed by atoms with Crippen LogP contribution >= 0.6 is 11.6 Å².